The smallest absolute Gasteiger partial charge is 0.262 e. The van der Waals surface area contributed by atoms with Crippen molar-refractivity contribution in [1.29, 1.82) is 5.41 Å². The summed E-state index contributed by atoms with van der Waals surface area (Å²) < 4.78 is 58.0. The predicted octanol–water partition coefficient (Wildman–Crippen LogP) is 5.27. The number of sulfonamides is 1. The number of hydrogen-bond donors (Lipinski definition) is 3. The van der Waals surface area contributed by atoms with Gasteiger partial charge in [-0.25, -0.2) is 17.2 Å². The predicted molar refractivity (Wildman–Crippen MR) is 120 cm³/mol. The molecule has 0 bridgehead atoms. The van der Waals surface area contributed by atoms with Gasteiger partial charge in [0.05, 0.1) is 16.1 Å². The molecule has 3 aromatic rings. The maximum absolute atomic E-state index is 15.3. The summed E-state index contributed by atoms with van der Waals surface area (Å²) in [7, 11) is -4.10. The van der Waals surface area contributed by atoms with Gasteiger partial charge in [0.15, 0.2) is 5.82 Å². The van der Waals surface area contributed by atoms with Crippen molar-refractivity contribution in [3.63, 3.8) is 0 Å². The van der Waals surface area contributed by atoms with Crippen LogP contribution < -0.4 is 10.5 Å². The number of nitrogens with two attached hydrogens (primary N) is 1. The molecule has 0 unspecified atom stereocenters. The quantitative estimate of drug-likeness (QED) is 0.357. The van der Waals surface area contributed by atoms with Crippen LogP contribution >= 0.6 is 0 Å². The Labute approximate surface area is 180 Å². The summed E-state index contributed by atoms with van der Waals surface area (Å²) in [5, 5.41) is 7.69. The van der Waals surface area contributed by atoms with Crippen LogP contribution in [-0.2, 0) is 16.4 Å². The second kappa shape index (κ2) is 8.47. The lowest BCUT2D eigenvalue weighted by atomic mass is 9.99. The molecule has 0 spiro atoms. The molecule has 4 N–H and O–H groups in total. The highest BCUT2D eigenvalue weighted by atomic mass is 32.2. The van der Waals surface area contributed by atoms with Crippen LogP contribution in [0.2, 0.25) is 0 Å². The van der Waals surface area contributed by atoms with Gasteiger partial charge in [-0.05, 0) is 61.2 Å². The molecule has 3 rings (SSSR count). The van der Waals surface area contributed by atoms with Gasteiger partial charge in [0, 0.05) is 17.0 Å². The second-order valence-electron chi connectivity index (χ2n) is 7.28. The molecule has 0 atom stereocenters. The zero-order valence-corrected chi connectivity index (χ0v) is 18.2. The normalized spacial score (nSPS) is 11.4. The van der Waals surface area contributed by atoms with E-state index in [1.54, 1.807) is 26.0 Å². The monoisotopic (exact) mass is 443 g/mol. The summed E-state index contributed by atoms with van der Waals surface area (Å²) in [5.41, 5.74) is 7.50. The van der Waals surface area contributed by atoms with Crippen molar-refractivity contribution in [3.8, 4) is 11.1 Å². The van der Waals surface area contributed by atoms with E-state index in [0.29, 0.717) is 17.5 Å². The third-order valence-electron chi connectivity index (χ3n) is 4.97. The number of aryl methyl sites for hydroxylation is 2. The van der Waals surface area contributed by atoms with Crippen LogP contribution in [0.5, 0.6) is 0 Å². The van der Waals surface area contributed by atoms with Crippen LogP contribution in [0.3, 0.4) is 0 Å². The average Bonchev–Trinajstić information content (AvgIpc) is 2.70. The van der Waals surface area contributed by atoms with E-state index in [1.807, 2.05) is 6.92 Å². The highest BCUT2D eigenvalue weighted by Crippen LogP contribution is 2.34. The molecule has 0 aromatic heterocycles. The fourth-order valence-corrected chi connectivity index (χ4v) is 4.82. The van der Waals surface area contributed by atoms with Gasteiger partial charge in [-0.1, -0.05) is 31.2 Å². The van der Waals surface area contributed by atoms with Crippen molar-refractivity contribution in [2.24, 2.45) is 0 Å². The molecule has 0 aliphatic carbocycles. The van der Waals surface area contributed by atoms with E-state index in [-0.39, 0.29) is 27.5 Å². The Hall–Kier alpha value is -3.26. The van der Waals surface area contributed by atoms with Crippen molar-refractivity contribution >= 4 is 27.1 Å². The Morgan fingerprint density at radius 3 is 2.42 bits per heavy atom. The molecule has 0 amide bonds. The molecule has 0 saturated carbocycles. The first-order valence-electron chi connectivity index (χ1n) is 9.61. The van der Waals surface area contributed by atoms with E-state index in [0.717, 1.165) is 17.7 Å². The van der Waals surface area contributed by atoms with Gasteiger partial charge in [-0.15, -0.1) is 0 Å². The maximum Gasteiger partial charge on any atom is 0.262 e. The minimum atomic E-state index is -4.10. The molecular weight excluding hydrogens is 420 g/mol. The molecule has 0 fully saturated rings. The van der Waals surface area contributed by atoms with Gasteiger partial charge < -0.3 is 11.1 Å². The lowest BCUT2D eigenvalue weighted by Crippen LogP contribution is -2.16. The summed E-state index contributed by atoms with van der Waals surface area (Å²) in [6.45, 7) is 5.14. The molecule has 3 aromatic carbocycles. The van der Waals surface area contributed by atoms with E-state index >= 15 is 4.39 Å². The van der Waals surface area contributed by atoms with Gasteiger partial charge in [-0.3, -0.25) is 4.72 Å². The molecule has 0 saturated heterocycles. The van der Waals surface area contributed by atoms with Gasteiger partial charge in [-0.2, -0.15) is 0 Å². The van der Waals surface area contributed by atoms with Gasteiger partial charge >= 0.3 is 0 Å². The number of nitrogens with one attached hydrogen (secondary N) is 2. The number of nitrogen functional groups attached to an aromatic ring is 1. The Bertz CT molecular complexity index is 1290. The summed E-state index contributed by atoms with van der Waals surface area (Å²) >= 11 is 0. The fourth-order valence-electron chi connectivity index (χ4n) is 3.36. The lowest BCUT2D eigenvalue weighted by molar-refractivity contribution is 0.587. The first-order chi connectivity index (χ1) is 14.5. The average molecular weight is 444 g/mol. The minimum Gasteiger partial charge on any atom is -0.398 e. The van der Waals surface area contributed by atoms with Crippen LogP contribution in [0.25, 0.3) is 11.1 Å². The number of benzene rings is 3. The Morgan fingerprint density at radius 1 is 1.10 bits per heavy atom. The van der Waals surface area contributed by atoms with Gasteiger partial charge in [0.1, 0.15) is 5.82 Å². The molecule has 0 radical (unpaired) electrons. The molecule has 0 heterocycles. The summed E-state index contributed by atoms with van der Waals surface area (Å²) in [6, 6.07) is 11.4. The highest BCUT2D eigenvalue weighted by molar-refractivity contribution is 7.92. The zero-order chi connectivity index (χ0) is 22.9. The van der Waals surface area contributed by atoms with Crippen LogP contribution in [0.15, 0.2) is 53.4 Å². The third kappa shape index (κ3) is 4.44. The molecule has 5 nitrogen and oxygen atoms in total. The Morgan fingerprint density at radius 2 is 1.81 bits per heavy atom. The van der Waals surface area contributed by atoms with Crippen LogP contribution in [0.1, 0.15) is 30.5 Å². The Kier molecular flexibility index (Phi) is 6.13. The van der Waals surface area contributed by atoms with Crippen molar-refractivity contribution < 1.29 is 17.2 Å². The van der Waals surface area contributed by atoms with Crippen LogP contribution in [-0.4, -0.2) is 14.1 Å². The van der Waals surface area contributed by atoms with Crippen LogP contribution in [0, 0.1) is 24.0 Å². The molecule has 0 aliphatic heterocycles. The molecule has 31 heavy (non-hydrogen) atoms. The maximum atomic E-state index is 15.3. The molecular formula is C23H23F2N3O2S. The first-order valence-corrected chi connectivity index (χ1v) is 11.1. The van der Waals surface area contributed by atoms with Crippen molar-refractivity contribution in [1.82, 2.24) is 0 Å². The third-order valence-corrected chi connectivity index (χ3v) is 6.42. The summed E-state index contributed by atoms with van der Waals surface area (Å²) in [5.74, 6) is -1.91. The topological polar surface area (TPSA) is 96.0 Å². The van der Waals surface area contributed by atoms with Crippen LogP contribution in [0.4, 0.5) is 20.2 Å². The number of hydrogen-bond acceptors (Lipinski definition) is 4. The number of rotatable bonds is 6. The minimum absolute atomic E-state index is 0.0512. The van der Waals surface area contributed by atoms with E-state index in [2.05, 4.69) is 4.72 Å². The Balaban J connectivity index is 2.09. The van der Waals surface area contributed by atoms with Crippen molar-refractivity contribution in [2.75, 3.05) is 10.5 Å². The first kappa shape index (κ1) is 22.4. The van der Waals surface area contributed by atoms with Gasteiger partial charge in [0.25, 0.3) is 10.0 Å². The summed E-state index contributed by atoms with van der Waals surface area (Å²) in [6.07, 6.45) is 0.478. The number of anilines is 2. The molecule has 162 valence electrons. The fraction of sp³-hybridized carbons (Fsp3) is 0.174. The van der Waals surface area contributed by atoms with E-state index in [9.17, 15) is 12.8 Å². The molecule has 0 aliphatic rings. The SMILES string of the molecule is CCc1ccc(C)cc1S(=O)(=O)Nc1ccc(F)c(-c2ccc(C(C)=N)c(N)c2)c1F. The van der Waals surface area contributed by atoms with E-state index in [4.69, 9.17) is 11.1 Å². The lowest BCUT2D eigenvalue weighted by Gasteiger charge is -2.15. The van der Waals surface area contributed by atoms with E-state index in [1.165, 1.54) is 24.3 Å². The zero-order valence-electron chi connectivity index (χ0n) is 17.4. The second-order valence-corrected chi connectivity index (χ2v) is 8.93. The standard InChI is InChI=1S/C23H23F2N3O2S/c1-4-15-6-5-13(2)11-21(15)31(29,30)28-20-10-9-18(24)22(23(20)25)16-7-8-17(14(3)26)19(27)12-16/h5-12,26,28H,4,27H2,1-3H3. The van der Waals surface area contributed by atoms with E-state index < -0.39 is 27.2 Å². The largest absolute Gasteiger partial charge is 0.398 e. The number of halogens is 2. The summed E-state index contributed by atoms with van der Waals surface area (Å²) in [4.78, 5) is 0.0512. The highest BCUT2D eigenvalue weighted by Gasteiger charge is 2.23. The molecule has 8 heteroatoms. The van der Waals surface area contributed by atoms with Crippen molar-refractivity contribution in [3.05, 3.63) is 76.9 Å². The van der Waals surface area contributed by atoms with Gasteiger partial charge in [0.2, 0.25) is 0 Å². The van der Waals surface area contributed by atoms with Crippen molar-refractivity contribution in [2.45, 2.75) is 32.1 Å².